The van der Waals surface area contributed by atoms with E-state index in [-0.39, 0.29) is 23.8 Å². The van der Waals surface area contributed by atoms with Crippen LogP contribution in [0.2, 0.25) is 0 Å². The number of aromatic carboxylic acids is 1. The molecule has 0 aromatic carbocycles. The molecule has 1 N–H and O–H groups in total. The minimum Gasteiger partial charge on any atom is -0.475 e. The molecule has 3 aliphatic heterocycles. The van der Waals surface area contributed by atoms with Gasteiger partial charge in [-0.1, -0.05) is 6.92 Å². The molecule has 8 unspecified atom stereocenters. The van der Waals surface area contributed by atoms with Gasteiger partial charge in [0.25, 0.3) is 0 Å². The van der Waals surface area contributed by atoms with Crippen LogP contribution in [0.4, 0.5) is 0 Å². The molecule has 9 nitrogen and oxygen atoms in total. The largest absolute Gasteiger partial charge is 0.475 e. The predicted octanol–water partition coefficient (Wildman–Crippen LogP) is 1.79. The maximum absolute atomic E-state index is 13.0. The minimum atomic E-state index is -1.18. The molecule has 2 fully saturated rings. The predicted molar refractivity (Wildman–Crippen MR) is 104 cm³/mol. The van der Waals surface area contributed by atoms with Gasteiger partial charge in [-0.2, -0.15) is 0 Å². The van der Waals surface area contributed by atoms with E-state index < -0.39 is 47.4 Å². The number of epoxide rings is 1. The first kappa shape index (κ1) is 20.3. The topological polar surface area (TPSA) is 119 Å². The summed E-state index contributed by atoms with van der Waals surface area (Å²) in [7, 11) is 3.69. The van der Waals surface area contributed by atoms with Crippen molar-refractivity contribution in [1.82, 2.24) is 4.90 Å². The molecule has 2 saturated heterocycles. The third-order valence-corrected chi connectivity index (χ3v) is 7.20. The number of carbonyl (C=O) groups is 3. The van der Waals surface area contributed by atoms with E-state index in [2.05, 4.69) is 0 Å². The number of fused-ring (bicyclic) bond motifs is 4. The molecule has 4 aliphatic rings. The molecule has 0 spiro atoms. The highest BCUT2D eigenvalue weighted by Gasteiger charge is 2.64. The van der Waals surface area contributed by atoms with E-state index in [1.165, 1.54) is 6.26 Å². The fraction of sp³-hybridized carbons (Fsp3) is 0.591. The fourth-order valence-electron chi connectivity index (χ4n) is 5.70. The molecular formula is C22H25NO8. The number of carbonyl (C=O) groups excluding carboxylic acids is 2. The van der Waals surface area contributed by atoms with Crippen molar-refractivity contribution in [1.29, 1.82) is 0 Å². The van der Waals surface area contributed by atoms with Gasteiger partial charge < -0.3 is 28.6 Å². The van der Waals surface area contributed by atoms with Crippen molar-refractivity contribution in [2.24, 2.45) is 17.8 Å². The molecule has 9 heteroatoms. The van der Waals surface area contributed by atoms with Crippen molar-refractivity contribution in [3.63, 3.8) is 0 Å². The highest BCUT2D eigenvalue weighted by molar-refractivity contribution is 5.87. The van der Waals surface area contributed by atoms with E-state index in [0.29, 0.717) is 17.7 Å². The number of ether oxygens (including phenoxy) is 3. The fourth-order valence-corrected chi connectivity index (χ4v) is 5.70. The van der Waals surface area contributed by atoms with E-state index in [1.54, 1.807) is 19.1 Å². The third-order valence-electron chi connectivity index (χ3n) is 7.20. The van der Waals surface area contributed by atoms with Gasteiger partial charge in [0.2, 0.25) is 5.76 Å². The Hall–Kier alpha value is -2.65. The van der Waals surface area contributed by atoms with Crippen LogP contribution in [0.15, 0.2) is 28.6 Å². The van der Waals surface area contributed by atoms with Crippen molar-refractivity contribution in [3.8, 4) is 0 Å². The molecule has 1 aromatic rings. The summed E-state index contributed by atoms with van der Waals surface area (Å²) >= 11 is 0. The molecule has 166 valence electrons. The summed E-state index contributed by atoms with van der Waals surface area (Å²) in [5.41, 5.74) is -0.164. The van der Waals surface area contributed by atoms with Gasteiger partial charge in [0.15, 0.2) is 0 Å². The number of likely N-dealkylation sites (N-methyl/N-ethyl adjacent to an activating group) is 1. The van der Waals surface area contributed by atoms with Gasteiger partial charge in [0.1, 0.15) is 11.9 Å². The lowest BCUT2D eigenvalue weighted by Crippen LogP contribution is -2.45. The van der Waals surface area contributed by atoms with Crippen LogP contribution in [0, 0.1) is 17.8 Å². The van der Waals surface area contributed by atoms with E-state index >= 15 is 0 Å². The lowest BCUT2D eigenvalue weighted by molar-refractivity contribution is -0.144. The number of rotatable bonds is 3. The molecule has 8 atom stereocenters. The van der Waals surface area contributed by atoms with E-state index in [9.17, 15) is 19.5 Å². The smallest absolute Gasteiger partial charge is 0.372 e. The van der Waals surface area contributed by atoms with Gasteiger partial charge in [-0.15, -0.1) is 0 Å². The zero-order chi connectivity index (χ0) is 22.2. The standard InChI is InChI=1S/C22H25NO8/c1-9-14-12-7-11(21(27)29-12)16(23(3)4)15(10-5-6-28-17(10)19(24)25)18-22(2,31-18)8-13(14)30-20(9)26/h5-7,9,11,13-16,18H,8H2,1-4H3,(H,24,25). The van der Waals surface area contributed by atoms with Crippen molar-refractivity contribution in [2.75, 3.05) is 14.1 Å². The highest BCUT2D eigenvalue weighted by Crippen LogP contribution is 2.56. The zero-order valence-electron chi connectivity index (χ0n) is 17.7. The van der Waals surface area contributed by atoms with Gasteiger partial charge >= 0.3 is 17.9 Å². The Balaban J connectivity index is 1.66. The molecule has 5 rings (SSSR count). The van der Waals surface area contributed by atoms with Gasteiger partial charge in [0.05, 0.1) is 35.7 Å². The third kappa shape index (κ3) is 2.94. The Labute approximate surface area is 178 Å². The van der Waals surface area contributed by atoms with Crippen molar-refractivity contribution in [2.45, 2.75) is 50.0 Å². The second-order valence-corrected chi connectivity index (χ2v) is 9.35. The Morgan fingerprint density at radius 3 is 2.65 bits per heavy atom. The number of nitrogens with zero attached hydrogens (tertiary/aromatic N) is 1. The number of furan rings is 1. The molecule has 4 heterocycles. The Morgan fingerprint density at radius 2 is 1.97 bits per heavy atom. The summed E-state index contributed by atoms with van der Waals surface area (Å²) in [6.45, 7) is 3.72. The molecule has 2 bridgehead atoms. The average molecular weight is 431 g/mol. The van der Waals surface area contributed by atoms with Crippen LogP contribution < -0.4 is 0 Å². The quantitative estimate of drug-likeness (QED) is 0.564. The first-order valence-corrected chi connectivity index (χ1v) is 10.4. The van der Waals surface area contributed by atoms with E-state index in [1.807, 2.05) is 25.9 Å². The monoisotopic (exact) mass is 431 g/mol. The summed E-state index contributed by atoms with van der Waals surface area (Å²) in [6.07, 6.45) is 2.69. The Morgan fingerprint density at radius 1 is 1.23 bits per heavy atom. The maximum Gasteiger partial charge on any atom is 0.372 e. The van der Waals surface area contributed by atoms with E-state index in [4.69, 9.17) is 18.6 Å². The van der Waals surface area contributed by atoms with Crippen LogP contribution in [0.5, 0.6) is 0 Å². The van der Waals surface area contributed by atoms with Crippen LogP contribution in [-0.2, 0) is 23.8 Å². The van der Waals surface area contributed by atoms with Gasteiger partial charge in [-0.25, -0.2) is 4.79 Å². The molecule has 0 radical (unpaired) electrons. The van der Waals surface area contributed by atoms with Gasteiger partial charge in [-0.3, -0.25) is 9.59 Å². The SMILES string of the molecule is CC1C(=O)OC2CC3(C)OC3C(c3ccoc3C(=O)O)C(N(C)C)C3C=C(OC3=O)C21. The second kappa shape index (κ2) is 6.67. The number of esters is 2. The first-order valence-electron chi connectivity index (χ1n) is 10.4. The summed E-state index contributed by atoms with van der Waals surface area (Å²) in [4.78, 5) is 39.1. The molecule has 0 amide bonds. The van der Waals surface area contributed by atoms with E-state index in [0.717, 1.165) is 0 Å². The number of hydrogen-bond donors (Lipinski definition) is 1. The lowest BCUT2D eigenvalue weighted by Gasteiger charge is -2.34. The maximum atomic E-state index is 13.0. The molecule has 1 aromatic heterocycles. The molecular weight excluding hydrogens is 406 g/mol. The summed E-state index contributed by atoms with van der Waals surface area (Å²) in [6, 6.07) is 1.20. The number of carboxylic acids is 1. The van der Waals surface area contributed by atoms with Crippen LogP contribution in [0.25, 0.3) is 0 Å². The average Bonchev–Trinajstić information content (AvgIpc) is 3.03. The van der Waals surface area contributed by atoms with Crippen molar-refractivity contribution in [3.05, 3.63) is 35.5 Å². The molecule has 0 saturated carbocycles. The number of carboxylic acid groups (broad SMARTS) is 1. The van der Waals surface area contributed by atoms with Gasteiger partial charge in [-0.05, 0) is 33.2 Å². The van der Waals surface area contributed by atoms with Gasteiger partial charge in [0, 0.05) is 23.9 Å². The summed E-state index contributed by atoms with van der Waals surface area (Å²) in [5.74, 6) is -3.53. The second-order valence-electron chi connectivity index (χ2n) is 9.35. The summed E-state index contributed by atoms with van der Waals surface area (Å²) in [5, 5.41) is 9.66. The highest BCUT2D eigenvalue weighted by atomic mass is 16.6. The lowest BCUT2D eigenvalue weighted by atomic mass is 9.74. The van der Waals surface area contributed by atoms with Crippen LogP contribution in [0.3, 0.4) is 0 Å². The summed E-state index contributed by atoms with van der Waals surface area (Å²) < 4.78 is 22.8. The normalized spacial score (nSPS) is 41.2. The van der Waals surface area contributed by atoms with Crippen molar-refractivity contribution >= 4 is 17.9 Å². The number of hydrogen-bond acceptors (Lipinski definition) is 8. The van der Waals surface area contributed by atoms with Crippen LogP contribution in [-0.4, -0.2) is 65.9 Å². The minimum absolute atomic E-state index is 0.166. The van der Waals surface area contributed by atoms with Crippen LogP contribution in [0.1, 0.15) is 42.3 Å². The molecule has 31 heavy (non-hydrogen) atoms. The Bertz CT molecular complexity index is 995. The Kier molecular flexibility index (Phi) is 4.36. The molecule has 1 aliphatic carbocycles. The van der Waals surface area contributed by atoms with Crippen LogP contribution >= 0.6 is 0 Å². The zero-order valence-corrected chi connectivity index (χ0v) is 17.7. The first-order chi connectivity index (χ1) is 14.6. The van der Waals surface area contributed by atoms with Crippen molar-refractivity contribution < 1.29 is 38.1 Å².